The Morgan fingerprint density at radius 3 is 2.57 bits per heavy atom. The number of hydrogen-bond donors (Lipinski definition) is 1. The Kier molecular flexibility index (Phi) is 4.96. The number of fused-ring (bicyclic) bond motifs is 5. The van der Waals surface area contributed by atoms with E-state index in [9.17, 15) is 19.5 Å². The number of ether oxygens (including phenoxy) is 1. The summed E-state index contributed by atoms with van der Waals surface area (Å²) in [6.45, 7) is 5.58. The second kappa shape index (κ2) is 6.93. The highest BCUT2D eigenvalue weighted by molar-refractivity contribution is 5.89. The first-order chi connectivity index (χ1) is 13.2. The van der Waals surface area contributed by atoms with Crippen molar-refractivity contribution in [3.63, 3.8) is 0 Å². The molecule has 0 radical (unpaired) electrons. The topological polar surface area (TPSA) is 80.7 Å². The van der Waals surface area contributed by atoms with E-state index < -0.39 is 5.97 Å². The summed E-state index contributed by atoms with van der Waals surface area (Å²) in [4.78, 5) is 37.4. The van der Waals surface area contributed by atoms with Gasteiger partial charge in [-0.05, 0) is 73.5 Å². The van der Waals surface area contributed by atoms with Crippen LogP contribution >= 0.6 is 0 Å². The van der Waals surface area contributed by atoms with E-state index in [0.29, 0.717) is 30.0 Å². The van der Waals surface area contributed by atoms with Crippen molar-refractivity contribution < 1.29 is 24.2 Å². The summed E-state index contributed by atoms with van der Waals surface area (Å²) in [5.41, 5.74) is -0.298. The standard InChI is InChI=1S/C23H34O5/c1-13(24)28-12-20(27)18-7-6-17-16-5-4-14-10-15(25)8-9-22(14,2)21(16)19(26)11-23(17,18)3/h14-18,21,25H,4-12H2,1-3H3/t14?,15?,16-,17-,18+,21+,22-,23-/m0/s1. The molecule has 0 aromatic rings. The molecule has 2 unspecified atom stereocenters. The van der Waals surface area contributed by atoms with Crippen LogP contribution in [0.25, 0.3) is 0 Å². The van der Waals surface area contributed by atoms with Gasteiger partial charge in [-0.25, -0.2) is 0 Å². The van der Waals surface area contributed by atoms with Gasteiger partial charge in [0.1, 0.15) is 12.4 Å². The predicted molar refractivity (Wildman–Crippen MR) is 103 cm³/mol. The molecule has 156 valence electrons. The summed E-state index contributed by atoms with van der Waals surface area (Å²) in [5, 5.41) is 10.1. The van der Waals surface area contributed by atoms with Gasteiger partial charge in [0.25, 0.3) is 0 Å². The molecule has 0 saturated heterocycles. The lowest BCUT2D eigenvalue weighted by molar-refractivity contribution is -0.163. The quantitative estimate of drug-likeness (QED) is 0.748. The van der Waals surface area contributed by atoms with Gasteiger partial charge in [0.2, 0.25) is 0 Å². The molecule has 0 aromatic carbocycles. The van der Waals surface area contributed by atoms with Gasteiger partial charge in [0.15, 0.2) is 5.78 Å². The van der Waals surface area contributed by atoms with Crippen LogP contribution in [0.1, 0.15) is 72.1 Å². The van der Waals surface area contributed by atoms with Crippen LogP contribution in [0, 0.1) is 40.4 Å². The molecule has 5 heteroatoms. The summed E-state index contributed by atoms with van der Waals surface area (Å²) < 4.78 is 4.97. The van der Waals surface area contributed by atoms with Crippen molar-refractivity contribution in [3.8, 4) is 0 Å². The Labute approximate surface area is 167 Å². The van der Waals surface area contributed by atoms with Crippen molar-refractivity contribution in [2.24, 2.45) is 40.4 Å². The van der Waals surface area contributed by atoms with Crippen molar-refractivity contribution in [1.29, 1.82) is 0 Å². The highest BCUT2D eigenvalue weighted by atomic mass is 16.5. The Balaban J connectivity index is 1.58. The molecule has 28 heavy (non-hydrogen) atoms. The fourth-order valence-electron chi connectivity index (χ4n) is 7.85. The molecule has 4 aliphatic carbocycles. The van der Waals surface area contributed by atoms with Crippen LogP contribution in [0.15, 0.2) is 0 Å². The molecule has 0 amide bonds. The Bertz CT molecular complexity index is 686. The zero-order chi connectivity index (χ0) is 20.3. The highest BCUT2D eigenvalue weighted by Crippen LogP contribution is 2.66. The average Bonchev–Trinajstić information content (AvgIpc) is 2.96. The molecule has 4 rings (SSSR count). The Hall–Kier alpha value is -1.23. The highest BCUT2D eigenvalue weighted by Gasteiger charge is 2.64. The van der Waals surface area contributed by atoms with Crippen molar-refractivity contribution in [2.45, 2.75) is 78.2 Å². The van der Waals surface area contributed by atoms with Gasteiger partial charge in [-0.3, -0.25) is 14.4 Å². The molecule has 1 N–H and O–H groups in total. The van der Waals surface area contributed by atoms with Crippen molar-refractivity contribution >= 4 is 17.5 Å². The predicted octanol–water partition coefficient (Wildman–Crippen LogP) is 3.32. The van der Waals surface area contributed by atoms with Crippen LogP contribution in [-0.4, -0.2) is 35.4 Å². The fourth-order valence-corrected chi connectivity index (χ4v) is 7.85. The lowest BCUT2D eigenvalue weighted by Gasteiger charge is -2.59. The monoisotopic (exact) mass is 390 g/mol. The smallest absolute Gasteiger partial charge is 0.303 e. The molecule has 4 saturated carbocycles. The normalized spacial score (nSPS) is 47.6. The molecular weight excluding hydrogens is 356 g/mol. The van der Waals surface area contributed by atoms with Gasteiger partial charge in [-0.15, -0.1) is 0 Å². The summed E-state index contributed by atoms with van der Waals surface area (Å²) in [7, 11) is 0. The van der Waals surface area contributed by atoms with Gasteiger partial charge in [0.05, 0.1) is 6.10 Å². The van der Waals surface area contributed by atoms with Crippen molar-refractivity contribution in [2.75, 3.05) is 6.61 Å². The maximum Gasteiger partial charge on any atom is 0.303 e. The first kappa shape index (κ1) is 20.1. The lowest BCUT2D eigenvalue weighted by atomic mass is 9.44. The molecule has 0 bridgehead atoms. The number of aliphatic hydroxyl groups excluding tert-OH is 1. The van der Waals surface area contributed by atoms with E-state index in [4.69, 9.17) is 4.74 Å². The number of ketones is 2. The molecular formula is C23H34O5. The third kappa shape index (κ3) is 2.96. The Morgan fingerprint density at radius 1 is 1.11 bits per heavy atom. The van der Waals surface area contributed by atoms with Gasteiger partial charge in [-0.2, -0.15) is 0 Å². The minimum absolute atomic E-state index is 0.000393. The maximum absolute atomic E-state index is 13.5. The van der Waals surface area contributed by atoms with E-state index in [0.717, 1.165) is 44.9 Å². The number of esters is 1. The zero-order valence-electron chi connectivity index (χ0n) is 17.4. The third-order valence-corrected chi connectivity index (χ3v) is 9.13. The van der Waals surface area contributed by atoms with Crippen LogP contribution in [0.3, 0.4) is 0 Å². The van der Waals surface area contributed by atoms with Gasteiger partial charge in [0, 0.05) is 25.2 Å². The average molecular weight is 391 g/mol. The zero-order valence-corrected chi connectivity index (χ0v) is 17.4. The number of carbonyl (C=O) groups excluding carboxylic acids is 3. The Morgan fingerprint density at radius 2 is 1.86 bits per heavy atom. The molecule has 4 fully saturated rings. The second-order valence-corrected chi connectivity index (χ2v) is 10.5. The first-order valence-corrected chi connectivity index (χ1v) is 11.0. The van der Waals surface area contributed by atoms with Crippen molar-refractivity contribution in [3.05, 3.63) is 0 Å². The summed E-state index contributed by atoms with van der Waals surface area (Å²) >= 11 is 0. The van der Waals surface area contributed by atoms with E-state index in [1.807, 2.05) is 0 Å². The molecule has 0 aromatic heterocycles. The van der Waals surface area contributed by atoms with Gasteiger partial charge in [-0.1, -0.05) is 13.8 Å². The number of rotatable bonds is 3. The number of hydrogen-bond acceptors (Lipinski definition) is 5. The van der Waals surface area contributed by atoms with Crippen LogP contribution < -0.4 is 0 Å². The van der Waals surface area contributed by atoms with Crippen LogP contribution in [0.2, 0.25) is 0 Å². The minimum atomic E-state index is -0.432. The molecule has 8 atom stereocenters. The second-order valence-electron chi connectivity index (χ2n) is 10.5. The lowest BCUT2D eigenvalue weighted by Crippen LogP contribution is -2.58. The van der Waals surface area contributed by atoms with Crippen molar-refractivity contribution in [1.82, 2.24) is 0 Å². The molecule has 0 spiro atoms. The maximum atomic E-state index is 13.5. The van der Waals surface area contributed by atoms with E-state index in [1.165, 1.54) is 6.92 Å². The van der Waals surface area contributed by atoms with Crippen LogP contribution in [0.5, 0.6) is 0 Å². The number of aliphatic hydroxyl groups is 1. The molecule has 0 heterocycles. The SMILES string of the molecule is CC(=O)OCC(=O)[C@H]1CC[C@H]2[C@@H]3CCC4CC(O)CC[C@]4(C)[C@H]3C(=O)C[C@]12C. The summed E-state index contributed by atoms with van der Waals surface area (Å²) in [6.07, 6.45) is 6.74. The summed E-state index contributed by atoms with van der Waals surface area (Å²) in [5.74, 6) is 0.971. The fraction of sp³-hybridized carbons (Fsp3) is 0.870. The summed E-state index contributed by atoms with van der Waals surface area (Å²) in [6, 6.07) is 0. The number of carbonyl (C=O) groups is 3. The van der Waals surface area contributed by atoms with E-state index in [1.54, 1.807) is 0 Å². The third-order valence-electron chi connectivity index (χ3n) is 9.13. The van der Waals surface area contributed by atoms with E-state index in [-0.39, 0.29) is 41.2 Å². The molecule has 4 aliphatic rings. The largest absolute Gasteiger partial charge is 0.458 e. The van der Waals surface area contributed by atoms with E-state index in [2.05, 4.69) is 13.8 Å². The van der Waals surface area contributed by atoms with E-state index >= 15 is 0 Å². The van der Waals surface area contributed by atoms with Gasteiger partial charge < -0.3 is 9.84 Å². The van der Waals surface area contributed by atoms with Crippen LogP contribution in [0.4, 0.5) is 0 Å². The number of Topliss-reactive ketones (excluding diaryl/α,β-unsaturated/α-hetero) is 2. The van der Waals surface area contributed by atoms with Crippen LogP contribution in [-0.2, 0) is 19.1 Å². The van der Waals surface area contributed by atoms with Gasteiger partial charge >= 0.3 is 5.97 Å². The molecule has 0 aliphatic heterocycles. The minimum Gasteiger partial charge on any atom is -0.458 e. The first-order valence-electron chi connectivity index (χ1n) is 11.0. The molecule has 5 nitrogen and oxygen atoms in total.